The molecule has 0 heterocycles. The highest BCUT2D eigenvalue weighted by Crippen LogP contribution is 2.24. The Labute approximate surface area is 92.9 Å². The zero-order valence-electron chi connectivity index (χ0n) is 10.2. The number of nitrogen functional groups attached to an aromatic ring is 1. The lowest BCUT2D eigenvalue weighted by atomic mass is 9.95. The molecule has 15 heavy (non-hydrogen) atoms. The van der Waals surface area contributed by atoms with Gasteiger partial charge in [0.2, 0.25) is 0 Å². The largest absolute Gasteiger partial charge is 0.398 e. The van der Waals surface area contributed by atoms with Crippen molar-refractivity contribution in [3.63, 3.8) is 0 Å². The molecule has 0 spiro atoms. The first-order valence-electron chi connectivity index (χ1n) is 5.65. The molecule has 0 saturated heterocycles. The molecule has 1 aromatic rings. The lowest BCUT2D eigenvalue weighted by molar-refractivity contribution is 0.478. The van der Waals surface area contributed by atoms with Crippen LogP contribution in [0.2, 0.25) is 0 Å². The summed E-state index contributed by atoms with van der Waals surface area (Å²) in [5, 5.41) is 3.54. The van der Waals surface area contributed by atoms with E-state index in [0.29, 0.717) is 0 Å². The van der Waals surface area contributed by atoms with Crippen LogP contribution in [0.4, 0.5) is 11.4 Å². The van der Waals surface area contributed by atoms with Gasteiger partial charge in [0.15, 0.2) is 0 Å². The van der Waals surface area contributed by atoms with Crippen molar-refractivity contribution in [1.82, 2.24) is 0 Å². The van der Waals surface area contributed by atoms with Gasteiger partial charge < -0.3 is 11.1 Å². The summed E-state index contributed by atoms with van der Waals surface area (Å²) >= 11 is 0. The lowest BCUT2D eigenvalue weighted by Gasteiger charge is -2.29. The minimum Gasteiger partial charge on any atom is -0.398 e. The molecule has 1 rings (SSSR count). The SMILES string of the molecule is CCC(C)(CC)Nc1ccc(C)c(N)c1. The third-order valence-corrected chi connectivity index (χ3v) is 3.29. The first kappa shape index (κ1) is 11.9. The fraction of sp³-hybridized carbons (Fsp3) is 0.538. The van der Waals surface area contributed by atoms with Gasteiger partial charge in [-0.1, -0.05) is 19.9 Å². The number of aryl methyl sites for hydroxylation is 1. The zero-order valence-corrected chi connectivity index (χ0v) is 10.2. The first-order valence-corrected chi connectivity index (χ1v) is 5.65. The number of nitrogens with two attached hydrogens (primary N) is 1. The highest BCUT2D eigenvalue weighted by atomic mass is 15.0. The van der Waals surface area contributed by atoms with E-state index in [4.69, 9.17) is 5.73 Å². The Hall–Kier alpha value is -1.18. The fourth-order valence-corrected chi connectivity index (χ4v) is 1.49. The molecule has 0 amide bonds. The third kappa shape index (κ3) is 2.88. The van der Waals surface area contributed by atoms with Crippen LogP contribution < -0.4 is 11.1 Å². The summed E-state index contributed by atoms with van der Waals surface area (Å²) in [6, 6.07) is 6.16. The Morgan fingerprint density at radius 2 is 1.87 bits per heavy atom. The minimum atomic E-state index is 0.168. The number of anilines is 2. The molecule has 2 nitrogen and oxygen atoms in total. The van der Waals surface area contributed by atoms with Gasteiger partial charge in [0, 0.05) is 16.9 Å². The quantitative estimate of drug-likeness (QED) is 0.739. The van der Waals surface area contributed by atoms with Crippen LogP contribution in [0.25, 0.3) is 0 Å². The van der Waals surface area contributed by atoms with Crippen molar-refractivity contribution in [3.8, 4) is 0 Å². The molecule has 2 heteroatoms. The van der Waals surface area contributed by atoms with Gasteiger partial charge in [0.25, 0.3) is 0 Å². The van der Waals surface area contributed by atoms with E-state index in [0.717, 1.165) is 29.8 Å². The van der Waals surface area contributed by atoms with Gasteiger partial charge >= 0.3 is 0 Å². The van der Waals surface area contributed by atoms with Gasteiger partial charge in [-0.05, 0) is 44.4 Å². The maximum atomic E-state index is 5.88. The standard InChI is InChI=1S/C13H22N2/c1-5-13(4,6-2)15-11-8-7-10(3)12(14)9-11/h7-9,15H,5-6,14H2,1-4H3. The van der Waals surface area contributed by atoms with Crippen molar-refractivity contribution in [2.45, 2.75) is 46.1 Å². The smallest absolute Gasteiger partial charge is 0.0365 e. The number of benzene rings is 1. The second-order valence-corrected chi connectivity index (χ2v) is 4.46. The maximum Gasteiger partial charge on any atom is 0.0365 e. The molecule has 0 aliphatic rings. The molecule has 84 valence electrons. The van der Waals surface area contributed by atoms with Crippen LogP contribution in [-0.2, 0) is 0 Å². The van der Waals surface area contributed by atoms with Crippen LogP contribution >= 0.6 is 0 Å². The molecule has 0 radical (unpaired) electrons. The molecule has 0 atom stereocenters. The van der Waals surface area contributed by atoms with Crippen molar-refractivity contribution in [3.05, 3.63) is 23.8 Å². The molecule has 0 aliphatic carbocycles. The van der Waals surface area contributed by atoms with Crippen molar-refractivity contribution < 1.29 is 0 Å². The van der Waals surface area contributed by atoms with Crippen LogP contribution in [0, 0.1) is 6.92 Å². The van der Waals surface area contributed by atoms with Gasteiger partial charge in [0.05, 0.1) is 0 Å². The molecule has 0 saturated carbocycles. The topological polar surface area (TPSA) is 38.0 Å². The summed E-state index contributed by atoms with van der Waals surface area (Å²) in [5.74, 6) is 0. The van der Waals surface area contributed by atoms with Crippen LogP contribution in [-0.4, -0.2) is 5.54 Å². The number of nitrogens with one attached hydrogen (secondary N) is 1. The molecule has 0 aromatic heterocycles. The highest BCUT2D eigenvalue weighted by Gasteiger charge is 2.18. The van der Waals surface area contributed by atoms with Crippen LogP contribution in [0.3, 0.4) is 0 Å². The zero-order chi connectivity index (χ0) is 11.5. The Morgan fingerprint density at radius 1 is 1.27 bits per heavy atom. The summed E-state index contributed by atoms with van der Waals surface area (Å²) in [4.78, 5) is 0. The summed E-state index contributed by atoms with van der Waals surface area (Å²) < 4.78 is 0. The predicted molar refractivity (Wildman–Crippen MR) is 68.2 cm³/mol. The lowest BCUT2D eigenvalue weighted by Crippen LogP contribution is -2.32. The number of hydrogen-bond acceptors (Lipinski definition) is 2. The van der Waals surface area contributed by atoms with Gasteiger partial charge in [0.1, 0.15) is 0 Å². The molecule has 0 unspecified atom stereocenters. The predicted octanol–water partition coefficient (Wildman–Crippen LogP) is 3.57. The van der Waals surface area contributed by atoms with E-state index in [9.17, 15) is 0 Å². The van der Waals surface area contributed by atoms with Gasteiger partial charge in [-0.15, -0.1) is 0 Å². The van der Waals surface area contributed by atoms with Gasteiger partial charge in [-0.2, -0.15) is 0 Å². The minimum absolute atomic E-state index is 0.168. The molecular weight excluding hydrogens is 184 g/mol. The van der Waals surface area contributed by atoms with E-state index in [-0.39, 0.29) is 5.54 Å². The average molecular weight is 206 g/mol. The summed E-state index contributed by atoms with van der Waals surface area (Å²) in [6.07, 6.45) is 2.22. The summed E-state index contributed by atoms with van der Waals surface area (Å²) in [7, 11) is 0. The second kappa shape index (κ2) is 4.56. The molecular formula is C13H22N2. The molecule has 0 bridgehead atoms. The Kier molecular flexibility index (Phi) is 3.61. The Morgan fingerprint density at radius 3 is 2.33 bits per heavy atom. The van der Waals surface area contributed by atoms with Crippen molar-refractivity contribution in [2.24, 2.45) is 0 Å². The normalized spacial score (nSPS) is 11.5. The van der Waals surface area contributed by atoms with Crippen molar-refractivity contribution in [1.29, 1.82) is 0 Å². The molecule has 0 aliphatic heterocycles. The Bertz CT molecular complexity index is 327. The molecule has 3 N–H and O–H groups in total. The van der Waals surface area contributed by atoms with Crippen molar-refractivity contribution >= 4 is 11.4 Å². The van der Waals surface area contributed by atoms with E-state index in [1.165, 1.54) is 0 Å². The summed E-state index contributed by atoms with van der Waals surface area (Å²) in [6.45, 7) is 8.67. The monoisotopic (exact) mass is 206 g/mol. The average Bonchev–Trinajstić information content (AvgIpc) is 2.23. The maximum absolute atomic E-state index is 5.88. The van der Waals surface area contributed by atoms with Gasteiger partial charge in [-0.25, -0.2) is 0 Å². The second-order valence-electron chi connectivity index (χ2n) is 4.46. The fourth-order valence-electron chi connectivity index (χ4n) is 1.49. The van der Waals surface area contributed by atoms with E-state index in [1.807, 2.05) is 13.0 Å². The number of rotatable bonds is 4. The van der Waals surface area contributed by atoms with Gasteiger partial charge in [-0.3, -0.25) is 0 Å². The number of hydrogen-bond donors (Lipinski definition) is 2. The van der Waals surface area contributed by atoms with Crippen LogP contribution in [0.15, 0.2) is 18.2 Å². The van der Waals surface area contributed by atoms with E-state index >= 15 is 0 Å². The summed E-state index contributed by atoms with van der Waals surface area (Å²) in [5.41, 5.74) is 9.16. The first-order chi connectivity index (χ1) is 7.00. The third-order valence-electron chi connectivity index (χ3n) is 3.29. The van der Waals surface area contributed by atoms with E-state index in [2.05, 4.69) is 38.2 Å². The van der Waals surface area contributed by atoms with Crippen molar-refractivity contribution in [2.75, 3.05) is 11.1 Å². The van der Waals surface area contributed by atoms with E-state index in [1.54, 1.807) is 0 Å². The van der Waals surface area contributed by atoms with Crippen LogP contribution in [0.5, 0.6) is 0 Å². The highest BCUT2D eigenvalue weighted by molar-refractivity contribution is 5.59. The Balaban J connectivity index is 2.85. The van der Waals surface area contributed by atoms with Crippen LogP contribution in [0.1, 0.15) is 39.2 Å². The molecule has 0 fully saturated rings. The molecule has 1 aromatic carbocycles. The van der Waals surface area contributed by atoms with E-state index < -0.39 is 0 Å².